The fourth-order valence-corrected chi connectivity index (χ4v) is 10.8. The molecule has 4 N–H and O–H groups in total. The van der Waals surface area contributed by atoms with E-state index in [-0.39, 0.29) is 29.5 Å². The van der Waals surface area contributed by atoms with Crippen LogP contribution < -0.4 is 31.1 Å². The lowest BCUT2D eigenvalue weighted by molar-refractivity contribution is -0.126. The largest absolute Gasteiger partial charge is 0.372 e. The van der Waals surface area contributed by atoms with Gasteiger partial charge in [-0.3, -0.25) is 24.2 Å². The van der Waals surface area contributed by atoms with E-state index in [0.29, 0.717) is 68.9 Å². The Hall–Kier alpha value is -6.46. The Morgan fingerprint density at radius 2 is 1.62 bits per heavy atom. The molecule has 0 aliphatic carbocycles. The number of piperidine rings is 1. The second-order valence-electron chi connectivity index (χ2n) is 19.1. The molecular weight excluding hydrogens is 873 g/mol. The minimum absolute atomic E-state index is 0.0121. The van der Waals surface area contributed by atoms with Crippen molar-refractivity contribution in [2.45, 2.75) is 88.8 Å². The summed E-state index contributed by atoms with van der Waals surface area (Å²) in [5, 5.41) is 14.6. The zero-order chi connectivity index (χ0) is 48.3. The van der Waals surface area contributed by atoms with Gasteiger partial charge in [0, 0.05) is 88.5 Å². The molecule has 4 aliphatic rings. The van der Waals surface area contributed by atoms with Gasteiger partial charge in [0.1, 0.15) is 12.6 Å². The van der Waals surface area contributed by atoms with Crippen LogP contribution in [0.2, 0.25) is 0 Å². The Bertz CT molecular complexity index is 2400. The van der Waals surface area contributed by atoms with Gasteiger partial charge >= 0.3 is 6.03 Å². The third kappa shape index (κ3) is 12.1. The van der Waals surface area contributed by atoms with Crippen molar-refractivity contribution in [2.24, 2.45) is 11.7 Å². The molecule has 3 atom stereocenters. The Labute approximate surface area is 405 Å². The summed E-state index contributed by atoms with van der Waals surface area (Å²) in [6.07, 6.45) is 10.7. The van der Waals surface area contributed by atoms with Gasteiger partial charge in [-0.1, -0.05) is 36.4 Å². The molecule has 4 aromatic rings. The number of aromatic nitrogens is 3. The summed E-state index contributed by atoms with van der Waals surface area (Å²) in [5.41, 5.74) is 11.2. The normalized spacial score (nSPS) is 20.1. The van der Waals surface area contributed by atoms with Crippen molar-refractivity contribution >= 4 is 59.2 Å². The van der Waals surface area contributed by atoms with Crippen LogP contribution in [-0.2, 0) is 16.1 Å². The van der Waals surface area contributed by atoms with Crippen LogP contribution in [0.5, 0.6) is 0 Å². The first-order valence-corrected chi connectivity index (χ1v) is 24.8. The van der Waals surface area contributed by atoms with Crippen LogP contribution in [-0.4, -0.2) is 145 Å². The fraction of sp³-hybridized carbons (Fsp3) is 0.500. The standard InChI is InChI=1S/C52H68N12O5/c1-54-50(68)46(14-9-31-65)59(2)34-40-17-20-44(32-41(40)36-66)61-25-8-10-37(21-28-61)33-60-26-22-39(23-27-60)38-15-18-42(19-16-38)55-49-47(48(53)67)57-58-51(56-49)62-24-7-6-13-45(35-62)64-30-29-63(52(64)69)43-11-4-3-5-12-43/h3-5,11-12,15-20,31-32,36-37,39,45-46H,6-10,13-14,21-30,33-35H2,1-2H3,(H2,53,67)(H,54,68)(H,55,56,58). The van der Waals surface area contributed by atoms with Gasteiger partial charge in [0.25, 0.3) is 5.91 Å². The number of carbonyl (C=O) groups is 5. The van der Waals surface area contributed by atoms with Crippen molar-refractivity contribution in [1.29, 1.82) is 0 Å². The Morgan fingerprint density at radius 1 is 0.841 bits per heavy atom. The van der Waals surface area contributed by atoms with Gasteiger partial charge in [-0.2, -0.15) is 4.98 Å². The Morgan fingerprint density at radius 3 is 2.36 bits per heavy atom. The third-order valence-corrected chi connectivity index (χ3v) is 14.7. The van der Waals surface area contributed by atoms with Crippen LogP contribution in [0.1, 0.15) is 102 Å². The van der Waals surface area contributed by atoms with Gasteiger partial charge < -0.3 is 40.8 Å². The van der Waals surface area contributed by atoms with E-state index in [9.17, 15) is 24.0 Å². The predicted octanol–water partition coefficient (Wildman–Crippen LogP) is 5.84. The SMILES string of the molecule is CNC(=O)C(CCC=O)N(C)Cc1ccc(N2CCCC(CN3CCC(c4ccc(Nc5nc(N6CCCCC(N7CCN(c8ccccc8)C7=O)C6)nnc5C(N)=O)cc4)CC3)CC2)cc1C=O. The molecule has 0 radical (unpaired) electrons. The highest BCUT2D eigenvalue weighted by Crippen LogP contribution is 2.33. The number of hydrogen-bond donors (Lipinski definition) is 3. The molecule has 17 nitrogen and oxygen atoms in total. The number of rotatable bonds is 18. The quantitative estimate of drug-likeness (QED) is 0.101. The molecule has 69 heavy (non-hydrogen) atoms. The van der Waals surface area contributed by atoms with Crippen molar-refractivity contribution in [3.8, 4) is 0 Å². The number of anilines is 5. The molecule has 0 spiro atoms. The number of urea groups is 1. The van der Waals surface area contributed by atoms with Crippen molar-refractivity contribution in [1.82, 2.24) is 35.2 Å². The second kappa shape index (κ2) is 23.2. The van der Waals surface area contributed by atoms with E-state index in [0.717, 1.165) is 113 Å². The number of aldehydes is 2. The highest BCUT2D eigenvalue weighted by Gasteiger charge is 2.37. The van der Waals surface area contributed by atoms with Crippen molar-refractivity contribution in [2.75, 3.05) is 93.0 Å². The van der Waals surface area contributed by atoms with E-state index >= 15 is 0 Å². The van der Waals surface area contributed by atoms with Crippen LogP contribution in [0.4, 0.5) is 33.6 Å². The molecule has 4 fully saturated rings. The van der Waals surface area contributed by atoms with E-state index in [1.54, 1.807) is 7.05 Å². The zero-order valence-electron chi connectivity index (χ0n) is 40.2. The smallest absolute Gasteiger partial charge is 0.324 e. The summed E-state index contributed by atoms with van der Waals surface area (Å²) in [6.45, 7) is 8.05. The summed E-state index contributed by atoms with van der Waals surface area (Å²) in [4.78, 5) is 79.6. The first-order chi connectivity index (χ1) is 33.6. The lowest BCUT2D eigenvalue weighted by Gasteiger charge is -2.34. The number of carbonyl (C=O) groups excluding carboxylic acids is 5. The number of benzene rings is 3. The molecule has 0 saturated carbocycles. The Kier molecular flexibility index (Phi) is 16.5. The third-order valence-electron chi connectivity index (χ3n) is 14.7. The van der Waals surface area contributed by atoms with Gasteiger partial charge in [0.05, 0.1) is 12.1 Å². The van der Waals surface area contributed by atoms with Crippen molar-refractivity contribution in [3.63, 3.8) is 0 Å². The second-order valence-corrected chi connectivity index (χ2v) is 19.1. The highest BCUT2D eigenvalue weighted by molar-refractivity contribution is 5.96. The molecule has 3 unspecified atom stereocenters. The number of para-hydroxylation sites is 1. The first-order valence-electron chi connectivity index (χ1n) is 24.8. The van der Waals surface area contributed by atoms with Crippen LogP contribution in [0, 0.1) is 5.92 Å². The van der Waals surface area contributed by atoms with Crippen molar-refractivity contribution in [3.05, 3.63) is 95.2 Å². The molecule has 5 heterocycles. The van der Waals surface area contributed by atoms with Gasteiger partial charge in [0.2, 0.25) is 11.9 Å². The van der Waals surface area contributed by atoms with E-state index in [1.165, 1.54) is 12.0 Å². The van der Waals surface area contributed by atoms with Gasteiger partial charge in [-0.25, -0.2) is 4.79 Å². The molecule has 366 valence electrons. The molecular formula is C52H68N12O5. The van der Waals surface area contributed by atoms with E-state index in [4.69, 9.17) is 10.7 Å². The monoisotopic (exact) mass is 941 g/mol. The lowest BCUT2D eigenvalue weighted by atomic mass is 9.88. The average Bonchev–Trinajstić information content (AvgIpc) is 3.50. The number of nitrogens with one attached hydrogen (secondary N) is 2. The number of likely N-dealkylation sites (N-methyl/N-ethyl adjacent to an activating group) is 2. The molecule has 1 aromatic heterocycles. The molecule has 0 bridgehead atoms. The number of nitrogens with zero attached hydrogens (tertiary/aromatic N) is 9. The molecule has 8 rings (SSSR count). The number of nitrogens with two attached hydrogens (primary N) is 1. The van der Waals surface area contributed by atoms with Crippen LogP contribution in [0.3, 0.4) is 0 Å². The summed E-state index contributed by atoms with van der Waals surface area (Å²) >= 11 is 0. The predicted molar refractivity (Wildman–Crippen MR) is 268 cm³/mol. The summed E-state index contributed by atoms with van der Waals surface area (Å²) < 4.78 is 0. The van der Waals surface area contributed by atoms with Crippen LogP contribution in [0.25, 0.3) is 0 Å². The summed E-state index contributed by atoms with van der Waals surface area (Å²) in [5.74, 6) is 0.851. The molecule has 4 amide bonds. The number of likely N-dealkylation sites (tertiary alicyclic amines) is 1. The topological polar surface area (TPSA) is 194 Å². The molecule has 4 saturated heterocycles. The lowest BCUT2D eigenvalue weighted by Crippen LogP contribution is -2.45. The Balaban J connectivity index is 0.823. The molecule has 4 aliphatic heterocycles. The van der Waals surface area contributed by atoms with Gasteiger partial charge in [0.15, 0.2) is 11.5 Å². The fourth-order valence-electron chi connectivity index (χ4n) is 10.8. The zero-order valence-corrected chi connectivity index (χ0v) is 40.2. The molecule has 3 aromatic carbocycles. The highest BCUT2D eigenvalue weighted by atomic mass is 16.2. The van der Waals surface area contributed by atoms with Gasteiger partial charge in [-0.15, -0.1) is 10.2 Å². The van der Waals surface area contributed by atoms with Gasteiger partial charge in [-0.05, 0) is 137 Å². The maximum Gasteiger partial charge on any atom is 0.324 e. The van der Waals surface area contributed by atoms with Crippen LogP contribution >= 0.6 is 0 Å². The van der Waals surface area contributed by atoms with E-state index < -0.39 is 11.9 Å². The number of primary amides is 1. The first kappa shape index (κ1) is 49.0. The summed E-state index contributed by atoms with van der Waals surface area (Å²) in [6, 6.07) is 23.8. The van der Waals surface area contributed by atoms with E-state index in [1.807, 2.05) is 76.3 Å². The van der Waals surface area contributed by atoms with E-state index in [2.05, 4.69) is 53.7 Å². The van der Waals surface area contributed by atoms with Crippen molar-refractivity contribution < 1.29 is 24.0 Å². The van der Waals surface area contributed by atoms with Crippen LogP contribution in [0.15, 0.2) is 72.8 Å². The maximum atomic E-state index is 13.6. The molecule has 17 heteroatoms. The number of amides is 4. The maximum absolute atomic E-state index is 13.6. The summed E-state index contributed by atoms with van der Waals surface area (Å²) in [7, 11) is 3.45. The average molecular weight is 941 g/mol. The minimum Gasteiger partial charge on any atom is -0.372 e. The number of hydrogen-bond acceptors (Lipinski definition) is 13. The minimum atomic E-state index is -0.715.